The summed E-state index contributed by atoms with van der Waals surface area (Å²) in [7, 11) is 0. The topological polar surface area (TPSA) is 17.1 Å². The van der Waals surface area contributed by atoms with Crippen LogP contribution in [-0.4, -0.2) is 5.78 Å². The van der Waals surface area contributed by atoms with Crippen LogP contribution in [0.1, 0.15) is 17.3 Å². The standard InChI is InChI=1S/C10H7Cl3O/c1-2-3-9(14)7-4-6(11)5-8(12)10(7)13/h2-5H,1H3/b3-2+. The van der Waals surface area contributed by atoms with Crippen molar-refractivity contribution in [3.05, 3.63) is 44.9 Å². The van der Waals surface area contributed by atoms with Crippen molar-refractivity contribution in [2.45, 2.75) is 6.92 Å². The first-order valence-electron chi connectivity index (χ1n) is 3.88. The van der Waals surface area contributed by atoms with Gasteiger partial charge in [-0.25, -0.2) is 0 Å². The molecule has 14 heavy (non-hydrogen) atoms. The van der Waals surface area contributed by atoms with Gasteiger partial charge in [-0.15, -0.1) is 0 Å². The van der Waals surface area contributed by atoms with Crippen molar-refractivity contribution in [3.8, 4) is 0 Å². The summed E-state index contributed by atoms with van der Waals surface area (Å²) in [6.07, 6.45) is 3.04. The van der Waals surface area contributed by atoms with Crippen molar-refractivity contribution in [2.75, 3.05) is 0 Å². The van der Waals surface area contributed by atoms with Gasteiger partial charge in [0.25, 0.3) is 0 Å². The second-order valence-electron chi connectivity index (χ2n) is 2.61. The average Bonchev–Trinajstić information content (AvgIpc) is 2.11. The summed E-state index contributed by atoms with van der Waals surface area (Å²) in [5.41, 5.74) is 0.322. The SMILES string of the molecule is C/C=C/C(=O)c1cc(Cl)cc(Cl)c1Cl. The van der Waals surface area contributed by atoms with Crippen LogP contribution in [0.15, 0.2) is 24.3 Å². The van der Waals surface area contributed by atoms with Gasteiger partial charge in [-0.3, -0.25) is 4.79 Å². The molecule has 0 bridgehead atoms. The maximum absolute atomic E-state index is 11.5. The third kappa shape index (κ3) is 2.50. The second-order valence-corrected chi connectivity index (χ2v) is 3.84. The molecule has 1 nitrogen and oxygen atoms in total. The molecule has 0 N–H and O–H groups in total. The fraction of sp³-hybridized carbons (Fsp3) is 0.100. The van der Waals surface area contributed by atoms with E-state index >= 15 is 0 Å². The maximum Gasteiger partial charge on any atom is 0.187 e. The van der Waals surface area contributed by atoms with E-state index in [4.69, 9.17) is 34.8 Å². The van der Waals surface area contributed by atoms with Crippen LogP contribution in [0.2, 0.25) is 15.1 Å². The Morgan fingerprint density at radius 3 is 2.50 bits per heavy atom. The van der Waals surface area contributed by atoms with Crippen LogP contribution in [0, 0.1) is 0 Å². The van der Waals surface area contributed by atoms with Gasteiger partial charge in [0.15, 0.2) is 5.78 Å². The Labute approximate surface area is 97.3 Å². The normalized spacial score (nSPS) is 10.9. The molecule has 74 valence electrons. The van der Waals surface area contributed by atoms with Crippen molar-refractivity contribution in [2.24, 2.45) is 0 Å². The van der Waals surface area contributed by atoms with Crippen molar-refractivity contribution in [3.63, 3.8) is 0 Å². The Kier molecular flexibility index (Phi) is 3.99. The van der Waals surface area contributed by atoms with Crippen molar-refractivity contribution < 1.29 is 4.79 Å². The Morgan fingerprint density at radius 2 is 1.93 bits per heavy atom. The Bertz CT molecular complexity index is 397. The molecular formula is C10H7Cl3O. The average molecular weight is 250 g/mol. The highest BCUT2D eigenvalue weighted by atomic mass is 35.5. The Morgan fingerprint density at radius 1 is 1.29 bits per heavy atom. The van der Waals surface area contributed by atoms with Crippen LogP contribution in [0.25, 0.3) is 0 Å². The van der Waals surface area contributed by atoms with E-state index in [1.165, 1.54) is 18.2 Å². The van der Waals surface area contributed by atoms with Gasteiger partial charge in [0.05, 0.1) is 10.0 Å². The number of hydrogen-bond donors (Lipinski definition) is 0. The molecule has 1 aromatic carbocycles. The first-order chi connectivity index (χ1) is 6.56. The van der Waals surface area contributed by atoms with Gasteiger partial charge in [0, 0.05) is 10.6 Å². The van der Waals surface area contributed by atoms with E-state index in [1.807, 2.05) is 0 Å². The summed E-state index contributed by atoms with van der Waals surface area (Å²) in [5.74, 6) is -0.207. The fourth-order valence-corrected chi connectivity index (χ4v) is 1.67. The number of hydrogen-bond acceptors (Lipinski definition) is 1. The van der Waals surface area contributed by atoms with Gasteiger partial charge in [-0.1, -0.05) is 40.9 Å². The monoisotopic (exact) mass is 248 g/mol. The molecule has 0 aliphatic rings. The van der Waals surface area contributed by atoms with Crippen LogP contribution < -0.4 is 0 Å². The number of carbonyl (C=O) groups is 1. The highest BCUT2D eigenvalue weighted by Gasteiger charge is 2.11. The van der Waals surface area contributed by atoms with Gasteiger partial charge in [0.1, 0.15) is 0 Å². The minimum Gasteiger partial charge on any atom is -0.289 e. The van der Waals surface area contributed by atoms with Crippen LogP contribution in [0.5, 0.6) is 0 Å². The predicted octanol–water partition coefficient (Wildman–Crippen LogP) is 4.41. The number of rotatable bonds is 2. The first kappa shape index (κ1) is 11.6. The lowest BCUT2D eigenvalue weighted by Gasteiger charge is -2.02. The number of allylic oxidation sites excluding steroid dienone is 2. The smallest absolute Gasteiger partial charge is 0.187 e. The van der Waals surface area contributed by atoms with E-state index in [1.54, 1.807) is 13.0 Å². The van der Waals surface area contributed by atoms with E-state index in [2.05, 4.69) is 0 Å². The quantitative estimate of drug-likeness (QED) is 0.431. The third-order valence-electron chi connectivity index (χ3n) is 1.58. The van der Waals surface area contributed by atoms with Gasteiger partial charge >= 0.3 is 0 Å². The van der Waals surface area contributed by atoms with E-state index in [-0.39, 0.29) is 15.8 Å². The van der Waals surface area contributed by atoms with E-state index in [0.29, 0.717) is 10.6 Å². The van der Waals surface area contributed by atoms with E-state index < -0.39 is 0 Å². The summed E-state index contributed by atoms with van der Waals surface area (Å²) < 4.78 is 0. The lowest BCUT2D eigenvalue weighted by molar-refractivity contribution is 0.104. The van der Waals surface area contributed by atoms with Crippen LogP contribution in [-0.2, 0) is 0 Å². The summed E-state index contributed by atoms with van der Waals surface area (Å²) >= 11 is 17.4. The largest absolute Gasteiger partial charge is 0.289 e. The molecular weight excluding hydrogens is 242 g/mol. The van der Waals surface area contributed by atoms with Crippen LogP contribution in [0.3, 0.4) is 0 Å². The van der Waals surface area contributed by atoms with Gasteiger partial charge < -0.3 is 0 Å². The van der Waals surface area contributed by atoms with Crippen LogP contribution in [0.4, 0.5) is 0 Å². The highest BCUT2D eigenvalue weighted by Crippen LogP contribution is 2.30. The van der Waals surface area contributed by atoms with Crippen molar-refractivity contribution in [1.29, 1.82) is 0 Å². The maximum atomic E-state index is 11.5. The molecule has 0 amide bonds. The number of benzene rings is 1. The van der Waals surface area contributed by atoms with Crippen LogP contribution >= 0.6 is 34.8 Å². The van der Waals surface area contributed by atoms with Crippen molar-refractivity contribution >= 4 is 40.6 Å². The molecule has 1 aromatic rings. The summed E-state index contributed by atoms with van der Waals surface area (Å²) in [6.45, 7) is 1.75. The molecule has 0 aromatic heterocycles. The van der Waals surface area contributed by atoms with Gasteiger partial charge in [-0.2, -0.15) is 0 Å². The number of ketones is 1. The third-order valence-corrected chi connectivity index (χ3v) is 2.60. The lowest BCUT2D eigenvalue weighted by atomic mass is 10.1. The molecule has 0 radical (unpaired) electrons. The fourth-order valence-electron chi connectivity index (χ4n) is 0.976. The minimum atomic E-state index is -0.207. The lowest BCUT2D eigenvalue weighted by Crippen LogP contribution is -1.95. The zero-order valence-corrected chi connectivity index (χ0v) is 9.62. The Hall–Kier alpha value is -0.500. The summed E-state index contributed by atoms with van der Waals surface area (Å²) in [5, 5.41) is 0.915. The molecule has 0 atom stereocenters. The Balaban J connectivity index is 3.27. The first-order valence-corrected chi connectivity index (χ1v) is 5.01. The van der Waals surface area contributed by atoms with Crippen molar-refractivity contribution in [1.82, 2.24) is 0 Å². The predicted molar refractivity (Wildman–Crippen MR) is 60.6 cm³/mol. The summed E-state index contributed by atoms with van der Waals surface area (Å²) in [4.78, 5) is 11.5. The zero-order chi connectivity index (χ0) is 10.7. The molecule has 0 saturated carbocycles. The van der Waals surface area contributed by atoms with E-state index in [0.717, 1.165) is 0 Å². The molecule has 0 aliphatic heterocycles. The molecule has 1 rings (SSSR count). The van der Waals surface area contributed by atoms with E-state index in [9.17, 15) is 4.79 Å². The molecule has 4 heteroatoms. The molecule has 0 saturated heterocycles. The zero-order valence-electron chi connectivity index (χ0n) is 7.35. The number of halogens is 3. The second kappa shape index (κ2) is 4.83. The molecule has 0 aliphatic carbocycles. The molecule has 0 unspecified atom stereocenters. The van der Waals surface area contributed by atoms with Gasteiger partial charge in [0.2, 0.25) is 0 Å². The molecule has 0 heterocycles. The molecule has 0 spiro atoms. The van der Waals surface area contributed by atoms with Gasteiger partial charge in [-0.05, 0) is 25.1 Å². The molecule has 0 fully saturated rings. The number of carbonyl (C=O) groups excluding carboxylic acids is 1. The minimum absolute atomic E-state index is 0.207. The summed E-state index contributed by atoms with van der Waals surface area (Å²) in [6, 6.07) is 3.00. The highest BCUT2D eigenvalue weighted by molar-refractivity contribution is 6.45.